The van der Waals surface area contributed by atoms with Gasteiger partial charge in [0.2, 0.25) is 15.9 Å². The summed E-state index contributed by atoms with van der Waals surface area (Å²) < 4.78 is 24.9. The van der Waals surface area contributed by atoms with Crippen LogP contribution in [-0.2, 0) is 21.2 Å². The van der Waals surface area contributed by atoms with E-state index in [0.717, 1.165) is 38.0 Å². The predicted molar refractivity (Wildman–Crippen MR) is 94.6 cm³/mol. The molecule has 0 N–H and O–H groups in total. The lowest BCUT2D eigenvalue weighted by molar-refractivity contribution is -0.119. The van der Waals surface area contributed by atoms with E-state index in [9.17, 15) is 13.2 Å². The molecule has 24 heavy (non-hydrogen) atoms. The minimum Gasteiger partial charge on any atom is -0.311 e. The topological polar surface area (TPSA) is 60.9 Å². The summed E-state index contributed by atoms with van der Waals surface area (Å²) in [4.78, 5) is 16.7. The molecule has 132 valence electrons. The molecule has 0 aliphatic carbocycles. The highest BCUT2D eigenvalue weighted by atomic mass is 32.2. The van der Waals surface area contributed by atoms with Crippen molar-refractivity contribution >= 4 is 21.6 Å². The van der Waals surface area contributed by atoms with Crippen LogP contribution in [-0.4, -0.2) is 69.1 Å². The Bertz CT molecular complexity index is 705. The van der Waals surface area contributed by atoms with Gasteiger partial charge in [-0.3, -0.25) is 9.69 Å². The Morgan fingerprint density at radius 1 is 1.04 bits per heavy atom. The van der Waals surface area contributed by atoms with Crippen LogP contribution in [0.15, 0.2) is 24.3 Å². The van der Waals surface area contributed by atoms with Crippen molar-refractivity contribution in [2.75, 3.05) is 50.4 Å². The standard InChI is InChI=1S/C17H25N3O3S/c1-24(22,23)19-10-5-9-18(12-13-19)14-17(21)20-11-4-7-15-6-2-3-8-16(15)20/h2-3,6,8H,4-5,7,9-14H2,1H3. The second-order valence-corrected chi connectivity index (χ2v) is 8.55. The maximum Gasteiger partial charge on any atom is 0.241 e. The van der Waals surface area contributed by atoms with Crippen LogP contribution in [0.5, 0.6) is 0 Å². The number of hydrogen-bond acceptors (Lipinski definition) is 4. The van der Waals surface area contributed by atoms with Crippen molar-refractivity contribution in [3.63, 3.8) is 0 Å². The monoisotopic (exact) mass is 351 g/mol. The Balaban J connectivity index is 1.64. The first-order valence-corrected chi connectivity index (χ1v) is 10.4. The molecule has 0 saturated carbocycles. The average Bonchev–Trinajstić information content (AvgIpc) is 2.79. The number of carbonyl (C=O) groups excluding carboxylic acids is 1. The second-order valence-electron chi connectivity index (χ2n) is 6.57. The number of anilines is 1. The molecule has 0 bridgehead atoms. The summed E-state index contributed by atoms with van der Waals surface area (Å²) in [6, 6.07) is 8.09. The smallest absolute Gasteiger partial charge is 0.241 e. The summed E-state index contributed by atoms with van der Waals surface area (Å²) in [5, 5.41) is 0. The summed E-state index contributed by atoms with van der Waals surface area (Å²) in [5.41, 5.74) is 2.26. The highest BCUT2D eigenvalue weighted by Gasteiger charge is 2.26. The molecule has 1 aromatic carbocycles. The quantitative estimate of drug-likeness (QED) is 0.813. The van der Waals surface area contributed by atoms with Crippen LogP contribution in [0, 0.1) is 0 Å². The molecule has 3 rings (SSSR count). The SMILES string of the molecule is CS(=O)(=O)N1CCCN(CC(=O)N2CCCc3ccccc32)CC1. The number of sulfonamides is 1. The van der Waals surface area contributed by atoms with Gasteiger partial charge < -0.3 is 4.90 Å². The van der Waals surface area contributed by atoms with Gasteiger partial charge in [0.1, 0.15) is 0 Å². The van der Waals surface area contributed by atoms with Crippen LogP contribution in [0.2, 0.25) is 0 Å². The molecule has 2 aliphatic heterocycles. The van der Waals surface area contributed by atoms with Gasteiger partial charge in [-0.15, -0.1) is 0 Å². The number of benzene rings is 1. The molecule has 2 heterocycles. The number of rotatable bonds is 3. The van der Waals surface area contributed by atoms with E-state index in [2.05, 4.69) is 11.0 Å². The van der Waals surface area contributed by atoms with E-state index in [0.29, 0.717) is 26.2 Å². The normalized spacial score (nSPS) is 20.5. The molecule has 0 unspecified atom stereocenters. The lowest BCUT2D eigenvalue weighted by atomic mass is 10.0. The van der Waals surface area contributed by atoms with E-state index < -0.39 is 10.0 Å². The predicted octanol–water partition coefficient (Wildman–Crippen LogP) is 0.933. The Kier molecular flexibility index (Phi) is 5.22. The molecule has 7 heteroatoms. The second kappa shape index (κ2) is 7.21. The van der Waals surface area contributed by atoms with Gasteiger partial charge in [0, 0.05) is 31.9 Å². The van der Waals surface area contributed by atoms with E-state index in [-0.39, 0.29) is 5.91 Å². The molecule has 0 spiro atoms. The summed E-state index contributed by atoms with van der Waals surface area (Å²) >= 11 is 0. The lowest BCUT2D eigenvalue weighted by Crippen LogP contribution is -2.44. The Labute approximate surface area is 144 Å². The maximum atomic E-state index is 12.8. The van der Waals surface area contributed by atoms with Crippen molar-refractivity contribution in [1.29, 1.82) is 0 Å². The lowest BCUT2D eigenvalue weighted by Gasteiger charge is -2.31. The first kappa shape index (κ1) is 17.4. The zero-order chi connectivity index (χ0) is 17.2. The van der Waals surface area contributed by atoms with Crippen molar-refractivity contribution in [2.24, 2.45) is 0 Å². The third-order valence-corrected chi connectivity index (χ3v) is 6.09. The van der Waals surface area contributed by atoms with Gasteiger partial charge in [0.05, 0.1) is 12.8 Å². The molecule has 6 nitrogen and oxygen atoms in total. The zero-order valence-corrected chi connectivity index (χ0v) is 15.0. The zero-order valence-electron chi connectivity index (χ0n) is 14.1. The molecule has 0 atom stereocenters. The van der Waals surface area contributed by atoms with E-state index in [4.69, 9.17) is 0 Å². The number of fused-ring (bicyclic) bond motifs is 1. The van der Waals surface area contributed by atoms with E-state index in [1.807, 2.05) is 23.1 Å². The first-order chi connectivity index (χ1) is 11.4. The Morgan fingerprint density at radius 2 is 1.83 bits per heavy atom. The van der Waals surface area contributed by atoms with Gasteiger partial charge in [-0.2, -0.15) is 0 Å². The largest absolute Gasteiger partial charge is 0.311 e. The van der Waals surface area contributed by atoms with E-state index in [1.54, 1.807) is 0 Å². The first-order valence-electron chi connectivity index (χ1n) is 8.51. The van der Waals surface area contributed by atoms with Crippen LogP contribution in [0.3, 0.4) is 0 Å². The van der Waals surface area contributed by atoms with Crippen LogP contribution < -0.4 is 4.90 Å². The fourth-order valence-electron chi connectivity index (χ4n) is 3.51. The summed E-state index contributed by atoms with van der Waals surface area (Å²) in [6.07, 6.45) is 4.02. The van der Waals surface area contributed by atoms with E-state index in [1.165, 1.54) is 16.1 Å². The molecule has 0 aromatic heterocycles. The van der Waals surface area contributed by atoms with Crippen molar-refractivity contribution in [3.05, 3.63) is 29.8 Å². The summed E-state index contributed by atoms with van der Waals surface area (Å²) in [5.74, 6) is 0.106. The van der Waals surface area contributed by atoms with Crippen molar-refractivity contribution < 1.29 is 13.2 Å². The summed E-state index contributed by atoms with van der Waals surface area (Å²) in [7, 11) is -3.15. The minimum absolute atomic E-state index is 0.106. The molecular weight excluding hydrogens is 326 g/mol. The summed E-state index contributed by atoms with van der Waals surface area (Å²) in [6.45, 7) is 3.48. The molecule has 1 amide bonds. The van der Waals surface area contributed by atoms with Crippen LogP contribution >= 0.6 is 0 Å². The highest BCUT2D eigenvalue weighted by molar-refractivity contribution is 7.88. The van der Waals surface area contributed by atoms with Crippen molar-refractivity contribution in [1.82, 2.24) is 9.21 Å². The van der Waals surface area contributed by atoms with Gasteiger partial charge >= 0.3 is 0 Å². The number of amides is 1. The maximum absolute atomic E-state index is 12.8. The van der Waals surface area contributed by atoms with E-state index >= 15 is 0 Å². The average molecular weight is 351 g/mol. The van der Waals surface area contributed by atoms with Gasteiger partial charge in [-0.25, -0.2) is 12.7 Å². The number of para-hydroxylation sites is 1. The van der Waals surface area contributed by atoms with Gasteiger partial charge in [0.15, 0.2) is 0 Å². The Morgan fingerprint density at radius 3 is 2.62 bits per heavy atom. The van der Waals surface area contributed by atoms with Gasteiger partial charge in [-0.05, 0) is 37.4 Å². The third-order valence-electron chi connectivity index (χ3n) is 4.79. The molecule has 1 fully saturated rings. The van der Waals surface area contributed by atoms with Crippen LogP contribution in [0.1, 0.15) is 18.4 Å². The molecule has 2 aliphatic rings. The number of hydrogen-bond donors (Lipinski definition) is 0. The Hall–Kier alpha value is -1.44. The van der Waals surface area contributed by atoms with Gasteiger partial charge in [-0.1, -0.05) is 18.2 Å². The van der Waals surface area contributed by atoms with Crippen LogP contribution in [0.25, 0.3) is 0 Å². The molecule has 0 radical (unpaired) electrons. The van der Waals surface area contributed by atoms with Crippen molar-refractivity contribution in [2.45, 2.75) is 19.3 Å². The molecule has 1 saturated heterocycles. The molecule has 1 aromatic rings. The van der Waals surface area contributed by atoms with Crippen molar-refractivity contribution in [3.8, 4) is 0 Å². The minimum atomic E-state index is -3.15. The fraction of sp³-hybridized carbons (Fsp3) is 0.588. The number of carbonyl (C=O) groups is 1. The number of nitrogens with zero attached hydrogens (tertiary/aromatic N) is 3. The highest BCUT2D eigenvalue weighted by Crippen LogP contribution is 2.26. The van der Waals surface area contributed by atoms with Crippen LogP contribution in [0.4, 0.5) is 5.69 Å². The third kappa shape index (κ3) is 3.96. The number of aryl methyl sites for hydroxylation is 1. The molecular formula is C17H25N3O3S. The fourth-order valence-corrected chi connectivity index (χ4v) is 4.38. The van der Waals surface area contributed by atoms with Gasteiger partial charge in [0.25, 0.3) is 0 Å².